The van der Waals surface area contributed by atoms with Crippen molar-refractivity contribution in [1.29, 1.82) is 0 Å². The van der Waals surface area contributed by atoms with Crippen LogP contribution in [0.3, 0.4) is 0 Å². The van der Waals surface area contributed by atoms with E-state index in [0.29, 0.717) is 6.04 Å². The molecule has 1 aliphatic rings. The van der Waals surface area contributed by atoms with Gasteiger partial charge in [0.15, 0.2) is 0 Å². The van der Waals surface area contributed by atoms with Gasteiger partial charge in [-0.25, -0.2) is 4.39 Å². The second-order valence-electron chi connectivity index (χ2n) is 5.31. The lowest BCUT2D eigenvalue weighted by atomic mass is 9.93. The average molecular weight is 287 g/mol. The predicted molar refractivity (Wildman–Crippen MR) is 80.0 cm³/mol. The molecule has 0 amide bonds. The Labute approximate surface area is 121 Å². The number of halogens is 2. The number of benzene rings is 1. The zero-order valence-electron chi connectivity index (χ0n) is 11.5. The van der Waals surface area contributed by atoms with Crippen molar-refractivity contribution in [2.45, 2.75) is 32.2 Å². The van der Waals surface area contributed by atoms with Crippen LogP contribution in [0.1, 0.15) is 37.8 Å². The van der Waals surface area contributed by atoms with Gasteiger partial charge in [-0.3, -0.25) is 4.90 Å². The van der Waals surface area contributed by atoms with Gasteiger partial charge >= 0.3 is 0 Å². The lowest BCUT2D eigenvalue weighted by molar-refractivity contribution is 0.128. The predicted octanol–water partition coefficient (Wildman–Crippen LogP) is 3.37. The molecule has 2 rings (SSSR count). The van der Waals surface area contributed by atoms with Crippen molar-refractivity contribution in [2.75, 3.05) is 19.6 Å². The van der Waals surface area contributed by atoms with Gasteiger partial charge in [0.2, 0.25) is 0 Å². The zero-order valence-corrected chi connectivity index (χ0v) is 12.3. The second-order valence-corrected chi connectivity index (χ2v) is 5.31. The minimum Gasteiger partial charge on any atom is -0.330 e. The molecule has 0 spiro atoms. The first kappa shape index (κ1) is 16.4. The molecule has 2 N–H and O–H groups in total. The van der Waals surface area contributed by atoms with Crippen LogP contribution in [0.15, 0.2) is 24.3 Å². The molecule has 0 bridgehead atoms. The molecular weight excluding hydrogens is 263 g/mol. The van der Waals surface area contributed by atoms with Gasteiger partial charge in [0.1, 0.15) is 5.82 Å². The van der Waals surface area contributed by atoms with Gasteiger partial charge in [-0.2, -0.15) is 0 Å². The van der Waals surface area contributed by atoms with Crippen molar-refractivity contribution in [1.82, 2.24) is 4.90 Å². The fraction of sp³-hybridized carbons (Fsp3) is 0.600. The fourth-order valence-corrected chi connectivity index (χ4v) is 2.87. The summed E-state index contributed by atoms with van der Waals surface area (Å²) in [6.07, 6.45) is 3.66. The van der Waals surface area contributed by atoms with E-state index in [0.717, 1.165) is 32.0 Å². The summed E-state index contributed by atoms with van der Waals surface area (Å²) in [4.78, 5) is 2.50. The van der Waals surface area contributed by atoms with E-state index in [-0.39, 0.29) is 18.2 Å². The van der Waals surface area contributed by atoms with Gasteiger partial charge in [-0.1, -0.05) is 12.1 Å². The number of nitrogens with two attached hydrogens (primary N) is 1. The van der Waals surface area contributed by atoms with Crippen LogP contribution in [0.25, 0.3) is 0 Å². The molecule has 1 fully saturated rings. The normalized spacial score (nSPS) is 21.7. The van der Waals surface area contributed by atoms with Crippen LogP contribution in [0.2, 0.25) is 0 Å². The van der Waals surface area contributed by atoms with Gasteiger partial charge in [0.25, 0.3) is 0 Å². The quantitative estimate of drug-likeness (QED) is 0.919. The van der Waals surface area contributed by atoms with Crippen LogP contribution in [0, 0.1) is 11.7 Å². The first-order valence-electron chi connectivity index (χ1n) is 6.90. The highest BCUT2D eigenvalue weighted by Crippen LogP contribution is 2.27. The first-order valence-corrected chi connectivity index (χ1v) is 6.90. The summed E-state index contributed by atoms with van der Waals surface area (Å²) in [5.41, 5.74) is 6.85. The summed E-state index contributed by atoms with van der Waals surface area (Å²) in [7, 11) is 0. The van der Waals surface area contributed by atoms with Crippen LogP contribution in [-0.4, -0.2) is 24.5 Å². The van der Waals surface area contributed by atoms with E-state index in [1.54, 1.807) is 12.1 Å². The molecule has 1 saturated heterocycles. The minimum absolute atomic E-state index is 0. The molecule has 1 heterocycles. The summed E-state index contributed by atoms with van der Waals surface area (Å²) in [5, 5.41) is 0. The maximum atomic E-state index is 12.9. The molecule has 1 aliphatic heterocycles. The highest BCUT2D eigenvalue weighted by molar-refractivity contribution is 5.85. The Bertz CT molecular complexity index is 367. The SMILES string of the molecule is CC(c1ccc(F)cc1)N1CCCC(CCN)C1.Cl. The largest absolute Gasteiger partial charge is 0.330 e. The topological polar surface area (TPSA) is 29.3 Å². The number of nitrogens with zero attached hydrogens (tertiary/aromatic N) is 1. The lowest BCUT2D eigenvalue weighted by Gasteiger charge is -2.37. The fourth-order valence-electron chi connectivity index (χ4n) is 2.87. The van der Waals surface area contributed by atoms with Gasteiger partial charge in [0, 0.05) is 12.6 Å². The summed E-state index contributed by atoms with van der Waals surface area (Å²) in [5.74, 6) is 0.567. The maximum Gasteiger partial charge on any atom is 0.123 e. The summed E-state index contributed by atoms with van der Waals surface area (Å²) in [6, 6.07) is 7.26. The highest BCUT2D eigenvalue weighted by Gasteiger charge is 2.23. The summed E-state index contributed by atoms with van der Waals surface area (Å²) < 4.78 is 12.9. The van der Waals surface area contributed by atoms with Gasteiger partial charge in [-0.15, -0.1) is 12.4 Å². The van der Waals surface area contributed by atoms with E-state index in [1.807, 2.05) is 12.1 Å². The van der Waals surface area contributed by atoms with Crippen LogP contribution >= 0.6 is 12.4 Å². The zero-order chi connectivity index (χ0) is 13.0. The maximum absolute atomic E-state index is 12.9. The molecule has 1 aromatic rings. The molecule has 2 atom stereocenters. The summed E-state index contributed by atoms with van der Waals surface area (Å²) in [6.45, 7) is 5.25. The van der Waals surface area contributed by atoms with Crippen molar-refractivity contribution < 1.29 is 4.39 Å². The molecule has 19 heavy (non-hydrogen) atoms. The van der Waals surface area contributed by atoms with Crippen molar-refractivity contribution in [2.24, 2.45) is 11.7 Å². The first-order chi connectivity index (χ1) is 8.70. The van der Waals surface area contributed by atoms with Crippen molar-refractivity contribution in [3.63, 3.8) is 0 Å². The Balaban J connectivity index is 0.00000180. The van der Waals surface area contributed by atoms with Crippen molar-refractivity contribution >= 4 is 12.4 Å². The number of likely N-dealkylation sites (tertiary alicyclic amines) is 1. The number of hydrogen-bond donors (Lipinski definition) is 1. The third kappa shape index (κ3) is 4.44. The number of rotatable bonds is 4. The Morgan fingerprint density at radius 1 is 1.37 bits per heavy atom. The van der Waals surface area contributed by atoms with E-state index >= 15 is 0 Å². The number of piperidine rings is 1. The van der Waals surface area contributed by atoms with E-state index in [9.17, 15) is 4.39 Å². The Morgan fingerprint density at radius 3 is 2.68 bits per heavy atom. The van der Waals surface area contributed by atoms with Crippen LogP contribution in [0.5, 0.6) is 0 Å². The standard InChI is InChI=1S/C15H23FN2.ClH/c1-12(14-4-6-15(16)7-5-14)18-10-2-3-13(11-18)8-9-17;/h4-7,12-13H,2-3,8-11,17H2,1H3;1H. The molecule has 0 saturated carbocycles. The molecule has 2 unspecified atom stereocenters. The second kappa shape index (κ2) is 7.83. The van der Waals surface area contributed by atoms with E-state index < -0.39 is 0 Å². The molecule has 0 aliphatic carbocycles. The van der Waals surface area contributed by atoms with Crippen molar-refractivity contribution in [3.8, 4) is 0 Å². The average Bonchev–Trinajstić information content (AvgIpc) is 2.39. The van der Waals surface area contributed by atoms with E-state index in [4.69, 9.17) is 5.73 Å². The third-order valence-corrected chi connectivity index (χ3v) is 4.03. The van der Waals surface area contributed by atoms with E-state index in [1.165, 1.54) is 18.4 Å². The third-order valence-electron chi connectivity index (χ3n) is 4.03. The molecule has 108 valence electrons. The van der Waals surface area contributed by atoms with Crippen LogP contribution < -0.4 is 5.73 Å². The minimum atomic E-state index is -0.161. The highest BCUT2D eigenvalue weighted by atomic mass is 35.5. The molecule has 1 aromatic carbocycles. The number of hydrogen-bond acceptors (Lipinski definition) is 2. The molecule has 0 aromatic heterocycles. The Morgan fingerprint density at radius 2 is 2.05 bits per heavy atom. The van der Waals surface area contributed by atoms with Crippen molar-refractivity contribution in [3.05, 3.63) is 35.6 Å². The molecule has 2 nitrogen and oxygen atoms in total. The van der Waals surface area contributed by atoms with Gasteiger partial charge in [0.05, 0.1) is 0 Å². The Hall–Kier alpha value is -0.640. The summed E-state index contributed by atoms with van der Waals surface area (Å²) >= 11 is 0. The van der Waals surface area contributed by atoms with Gasteiger partial charge < -0.3 is 5.73 Å². The molecule has 4 heteroatoms. The smallest absolute Gasteiger partial charge is 0.123 e. The van der Waals surface area contributed by atoms with Crippen LogP contribution in [-0.2, 0) is 0 Å². The van der Waals surface area contributed by atoms with Crippen LogP contribution in [0.4, 0.5) is 4.39 Å². The molecular formula is C15H24ClFN2. The van der Waals surface area contributed by atoms with E-state index in [2.05, 4.69) is 11.8 Å². The lowest BCUT2D eigenvalue weighted by Crippen LogP contribution is -2.37. The monoisotopic (exact) mass is 286 g/mol. The molecule has 0 radical (unpaired) electrons. The Kier molecular flexibility index (Phi) is 6.76. The van der Waals surface area contributed by atoms with Gasteiger partial charge in [-0.05, 0) is 62.9 Å².